The Kier molecular flexibility index (Phi) is 6.87. The fourth-order valence-electron chi connectivity index (χ4n) is 1.78. The molecule has 0 aromatic heterocycles. The molecular formula is C14H18F5NO. The van der Waals surface area contributed by atoms with Crippen molar-refractivity contribution in [2.24, 2.45) is 0 Å². The molecule has 0 saturated heterocycles. The molecule has 0 heterocycles. The van der Waals surface area contributed by atoms with Gasteiger partial charge in [-0.1, -0.05) is 12.1 Å². The van der Waals surface area contributed by atoms with Crippen LogP contribution in [0, 0.1) is 0 Å². The lowest BCUT2D eigenvalue weighted by Gasteiger charge is -2.14. The highest BCUT2D eigenvalue weighted by Crippen LogP contribution is 2.19. The van der Waals surface area contributed by atoms with Gasteiger partial charge in [0.05, 0.1) is 6.42 Å². The zero-order valence-corrected chi connectivity index (χ0v) is 11.6. The van der Waals surface area contributed by atoms with Gasteiger partial charge >= 0.3 is 12.8 Å². The second kappa shape index (κ2) is 8.17. The van der Waals surface area contributed by atoms with Crippen LogP contribution < -0.4 is 10.1 Å². The molecule has 0 aliphatic carbocycles. The standard InChI is InChI=1S/C14H18F5NO/c1-10(20-9-8-14(17,18)19)2-3-11-4-6-12(7-5-11)21-13(15)16/h4-7,10,13,20H,2-3,8-9H2,1H3. The Morgan fingerprint density at radius 1 is 1.14 bits per heavy atom. The summed E-state index contributed by atoms with van der Waals surface area (Å²) >= 11 is 0. The van der Waals surface area contributed by atoms with Gasteiger partial charge in [-0.2, -0.15) is 22.0 Å². The molecule has 0 bridgehead atoms. The first-order valence-corrected chi connectivity index (χ1v) is 6.60. The highest BCUT2D eigenvalue weighted by Gasteiger charge is 2.26. The molecule has 1 N–H and O–H groups in total. The minimum Gasteiger partial charge on any atom is -0.435 e. The predicted octanol–water partition coefficient (Wildman–Crippen LogP) is 4.15. The Labute approximate surface area is 120 Å². The molecule has 120 valence electrons. The van der Waals surface area contributed by atoms with Crippen LogP contribution in [0.15, 0.2) is 24.3 Å². The van der Waals surface area contributed by atoms with Gasteiger partial charge in [-0.25, -0.2) is 0 Å². The van der Waals surface area contributed by atoms with Gasteiger partial charge in [0.1, 0.15) is 5.75 Å². The van der Waals surface area contributed by atoms with Crippen LogP contribution in [0.1, 0.15) is 25.3 Å². The van der Waals surface area contributed by atoms with E-state index in [1.165, 1.54) is 12.1 Å². The molecule has 0 radical (unpaired) electrons. The summed E-state index contributed by atoms with van der Waals surface area (Å²) in [6, 6.07) is 6.18. The molecule has 1 rings (SSSR count). The highest BCUT2D eigenvalue weighted by molar-refractivity contribution is 5.27. The number of halogens is 5. The summed E-state index contributed by atoms with van der Waals surface area (Å²) in [6.07, 6.45) is -3.69. The van der Waals surface area contributed by atoms with Crippen LogP contribution in [0.25, 0.3) is 0 Å². The lowest BCUT2D eigenvalue weighted by Crippen LogP contribution is -2.30. The average Bonchev–Trinajstić information content (AvgIpc) is 2.36. The van der Waals surface area contributed by atoms with Crippen molar-refractivity contribution in [2.75, 3.05) is 6.54 Å². The van der Waals surface area contributed by atoms with Crippen LogP contribution >= 0.6 is 0 Å². The number of ether oxygens (including phenoxy) is 1. The monoisotopic (exact) mass is 311 g/mol. The molecule has 0 spiro atoms. The molecule has 0 aliphatic heterocycles. The Hall–Kier alpha value is -1.37. The van der Waals surface area contributed by atoms with E-state index >= 15 is 0 Å². The third-order valence-corrected chi connectivity index (χ3v) is 2.92. The third-order valence-electron chi connectivity index (χ3n) is 2.92. The average molecular weight is 311 g/mol. The maximum atomic E-state index is 12.0. The summed E-state index contributed by atoms with van der Waals surface area (Å²) in [7, 11) is 0. The second-order valence-corrected chi connectivity index (χ2v) is 4.78. The Morgan fingerprint density at radius 3 is 2.29 bits per heavy atom. The number of benzene rings is 1. The zero-order chi connectivity index (χ0) is 15.9. The van der Waals surface area contributed by atoms with Gasteiger partial charge in [0, 0.05) is 12.6 Å². The number of aryl methyl sites for hydroxylation is 1. The smallest absolute Gasteiger partial charge is 0.390 e. The van der Waals surface area contributed by atoms with Gasteiger partial charge in [-0.15, -0.1) is 0 Å². The highest BCUT2D eigenvalue weighted by atomic mass is 19.4. The van der Waals surface area contributed by atoms with Gasteiger partial charge in [-0.05, 0) is 37.5 Å². The van der Waals surface area contributed by atoms with E-state index < -0.39 is 19.2 Å². The molecule has 1 unspecified atom stereocenters. The van der Waals surface area contributed by atoms with Crippen molar-refractivity contribution in [3.63, 3.8) is 0 Å². The Bertz CT molecular complexity index is 405. The van der Waals surface area contributed by atoms with Crippen molar-refractivity contribution in [3.8, 4) is 5.75 Å². The van der Waals surface area contributed by atoms with Crippen LogP contribution in [0.5, 0.6) is 5.75 Å². The molecule has 0 aliphatic rings. The number of hydrogen-bond donors (Lipinski definition) is 1. The fourth-order valence-corrected chi connectivity index (χ4v) is 1.78. The van der Waals surface area contributed by atoms with E-state index in [0.29, 0.717) is 12.8 Å². The molecule has 1 aromatic rings. The van der Waals surface area contributed by atoms with E-state index in [9.17, 15) is 22.0 Å². The van der Waals surface area contributed by atoms with Gasteiger partial charge in [0.25, 0.3) is 0 Å². The Balaban J connectivity index is 2.28. The molecule has 0 saturated carbocycles. The molecule has 21 heavy (non-hydrogen) atoms. The van der Waals surface area contributed by atoms with E-state index in [-0.39, 0.29) is 18.3 Å². The lowest BCUT2D eigenvalue weighted by molar-refractivity contribution is -0.133. The second-order valence-electron chi connectivity index (χ2n) is 4.78. The number of hydrogen-bond acceptors (Lipinski definition) is 2. The van der Waals surface area contributed by atoms with E-state index in [2.05, 4.69) is 10.1 Å². The van der Waals surface area contributed by atoms with Crippen molar-refractivity contribution >= 4 is 0 Å². The quantitative estimate of drug-likeness (QED) is 0.728. The van der Waals surface area contributed by atoms with E-state index in [1.54, 1.807) is 12.1 Å². The summed E-state index contributed by atoms with van der Waals surface area (Å²) in [5.41, 5.74) is 0.918. The molecule has 2 nitrogen and oxygen atoms in total. The fraction of sp³-hybridized carbons (Fsp3) is 0.571. The summed E-state index contributed by atoms with van der Waals surface area (Å²) in [4.78, 5) is 0. The van der Waals surface area contributed by atoms with E-state index in [1.807, 2.05) is 6.92 Å². The first-order chi connectivity index (χ1) is 9.76. The van der Waals surface area contributed by atoms with Crippen molar-refractivity contribution in [1.29, 1.82) is 0 Å². The first kappa shape index (κ1) is 17.7. The maximum Gasteiger partial charge on any atom is 0.390 e. The summed E-state index contributed by atoms with van der Waals surface area (Å²) in [5.74, 6) is 0.0881. The normalized spacial score (nSPS) is 13.5. The van der Waals surface area contributed by atoms with Crippen molar-refractivity contribution in [3.05, 3.63) is 29.8 Å². The van der Waals surface area contributed by atoms with E-state index in [0.717, 1.165) is 5.56 Å². The van der Waals surface area contributed by atoms with Crippen LogP contribution in [-0.2, 0) is 6.42 Å². The molecule has 0 amide bonds. The summed E-state index contributed by atoms with van der Waals surface area (Å²) < 4.78 is 64.1. The molecular weight excluding hydrogens is 293 g/mol. The van der Waals surface area contributed by atoms with Crippen LogP contribution in [0.3, 0.4) is 0 Å². The predicted molar refractivity (Wildman–Crippen MR) is 69.5 cm³/mol. The van der Waals surface area contributed by atoms with Gasteiger partial charge < -0.3 is 10.1 Å². The van der Waals surface area contributed by atoms with Gasteiger partial charge in [0.15, 0.2) is 0 Å². The SMILES string of the molecule is CC(CCc1ccc(OC(F)F)cc1)NCCC(F)(F)F. The Morgan fingerprint density at radius 2 is 1.76 bits per heavy atom. The lowest BCUT2D eigenvalue weighted by atomic mass is 10.1. The zero-order valence-electron chi connectivity index (χ0n) is 11.6. The molecule has 7 heteroatoms. The minimum absolute atomic E-state index is 0.0515. The third kappa shape index (κ3) is 8.49. The van der Waals surface area contributed by atoms with Crippen molar-refractivity contribution in [2.45, 2.75) is 45.0 Å². The van der Waals surface area contributed by atoms with Crippen LogP contribution in [0.2, 0.25) is 0 Å². The van der Waals surface area contributed by atoms with Crippen molar-refractivity contribution in [1.82, 2.24) is 5.32 Å². The van der Waals surface area contributed by atoms with Crippen LogP contribution in [0.4, 0.5) is 22.0 Å². The maximum absolute atomic E-state index is 12.0. The molecule has 0 fully saturated rings. The van der Waals surface area contributed by atoms with Gasteiger partial charge in [-0.3, -0.25) is 0 Å². The largest absolute Gasteiger partial charge is 0.435 e. The number of nitrogens with one attached hydrogen (secondary N) is 1. The number of alkyl halides is 5. The van der Waals surface area contributed by atoms with E-state index in [4.69, 9.17) is 0 Å². The van der Waals surface area contributed by atoms with Crippen LogP contribution in [-0.4, -0.2) is 25.4 Å². The summed E-state index contributed by atoms with van der Waals surface area (Å²) in [5, 5.41) is 2.80. The van der Waals surface area contributed by atoms with Crippen molar-refractivity contribution < 1.29 is 26.7 Å². The minimum atomic E-state index is -4.15. The molecule has 1 atom stereocenters. The summed E-state index contributed by atoms with van der Waals surface area (Å²) in [6.45, 7) is -1.15. The first-order valence-electron chi connectivity index (χ1n) is 6.60. The van der Waals surface area contributed by atoms with Gasteiger partial charge in [0.2, 0.25) is 0 Å². The molecule has 1 aromatic carbocycles. The topological polar surface area (TPSA) is 21.3 Å². The number of rotatable bonds is 8.